The Kier molecular flexibility index (Phi) is 6.11. The predicted molar refractivity (Wildman–Crippen MR) is 115 cm³/mol. The molecule has 0 saturated heterocycles. The zero-order chi connectivity index (χ0) is 21.1. The van der Waals surface area contributed by atoms with Gasteiger partial charge in [0, 0.05) is 17.6 Å². The zero-order valence-electron chi connectivity index (χ0n) is 18.0. The molecule has 3 rings (SSSR count). The molecule has 6 heteroatoms. The summed E-state index contributed by atoms with van der Waals surface area (Å²) in [6, 6.07) is 13.8. The Labute approximate surface area is 172 Å². The molecule has 0 aliphatic carbocycles. The van der Waals surface area contributed by atoms with Crippen LogP contribution in [0.4, 0.5) is 0 Å². The number of nitrogens with zero attached hydrogens (tertiary/aromatic N) is 3. The first-order chi connectivity index (χ1) is 13.9. The summed E-state index contributed by atoms with van der Waals surface area (Å²) < 4.78 is 12.8. The summed E-state index contributed by atoms with van der Waals surface area (Å²) >= 11 is 0. The molecule has 0 radical (unpaired) electrons. The van der Waals surface area contributed by atoms with Crippen LogP contribution in [0.2, 0.25) is 0 Å². The van der Waals surface area contributed by atoms with Gasteiger partial charge in [-0.25, -0.2) is 4.98 Å². The van der Waals surface area contributed by atoms with Crippen LogP contribution in [0.3, 0.4) is 0 Å². The summed E-state index contributed by atoms with van der Waals surface area (Å²) in [4.78, 5) is 19.9. The van der Waals surface area contributed by atoms with E-state index in [2.05, 4.69) is 0 Å². The van der Waals surface area contributed by atoms with Gasteiger partial charge in [0.1, 0.15) is 12.4 Å². The van der Waals surface area contributed by atoms with Crippen LogP contribution in [0.1, 0.15) is 27.7 Å². The van der Waals surface area contributed by atoms with Crippen molar-refractivity contribution in [2.45, 2.75) is 46.3 Å². The molecule has 2 aromatic carbocycles. The maximum atomic E-state index is 13.2. The van der Waals surface area contributed by atoms with E-state index in [0.29, 0.717) is 11.5 Å². The van der Waals surface area contributed by atoms with Gasteiger partial charge < -0.3 is 18.9 Å². The van der Waals surface area contributed by atoms with E-state index < -0.39 is 0 Å². The van der Waals surface area contributed by atoms with E-state index in [0.717, 1.165) is 22.4 Å². The van der Waals surface area contributed by atoms with Gasteiger partial charge in [-0.2, -0.15) is 0 Å². The minimum atomic E-state index is 0.0693. The van der Waals surface area contributed by atoms with Gasteiger partial charge >= 0.3 is 0 Å². The summed E-state index contributed by atoms with van der Waals surface area (Å²) in [5, 5.41) is 0. The minimum absolute atomic E-state index is 0.0693. The number of para-hydroxylation sites is 2. The van der Waals surface area contributed by atoms with Crippen molar-refractivity contribution in [2.75, 3.05) is 14.2 Å². The number of methoxy groups -OCH3 is 2. The number of aromatic nitrogens is 2. The van der Waals surface area contributed by atoms with Crippen molar-refractivity contribution in [1.82, 2.24) is 14.5 Å². The van der Waals surface area contributed by atoms with E-state index in [1.54, 1.807) is 14.2 Å². The summed E-state index contributed by atoms with van der Waals surface area (Å²) in [6.07, 6.45) is 0. The van der Waals surface area contributed by atoms with Crippen LogP contribution < -0.4 is 9.47 Å². The second kappa shape index (κ2) is 8.55. The highest BCUT2D eigenvalue weighted by Gasteiger charge is 2.23. The van der Waals surface area contributed by atoms with E-state index >= 15 is 0 Å². The molecule has 0 fully saturated rings. The van der Waals surface area contributed by atoms with Gasteiger partial charge in [-0.15, -0.1) is 0 Å². The largest absolute Gasteiger partial charge is 0.493 e. The van der Waals surface area contributed by atoms with Crippen molar-refractivity contribution in [2.24, 2.45) is 0 Å². The van der Waals surface area contributed by atoms with E-state index in [-0.39, 0.29) is 24.5 Å². The molecule has 0 bridgehead atoms. The maximum Gasteiger partial charge on any atom is 0.243 e. The number of rotatable bonds is 7. The van der Waals surface area contributed by atoms with E-state index in [4.69, 9.17) is 14.5 Å². The molecular formula is C23H29N3O3. The number of carbonyl (C=O) groups excluding carboxylic acids is 1. The Bertz CT molecular complexity index is 1000. The van der Waals surface area contributed by atoms with Crippen LogP contribution in [0.5, 0.6) is 11.5 Å². The molecule has 0 aliphatic rings. The fourth-order valence-electron chi connectivity index (χ4n) is 3.82. The van der Waals surface area contributed by atoms with Crippen LogP contribution in [0.15, 0.2) is 42.5 Å². The Morgan fingerprint density at radius 3 is 2.28 bits per heavy atom. The number of benzene rings is 2. The van der Waals surface area contributed by atoms with Crippen molar-refractivity contribution in [3.8, 4) is 22.9 Å². The summed E-state index contributed by atoms with van der Waals surface area (Å²) in [7, 11) is 3.22. The fraction of sp³-hybridized carbons (Fsp3) is 0.391. The Morgan fingerprint density at radius 2 is 1.66 bits per heavy atom. The van der Waals surface area contributed by atoms with Gasteiger partial charge in [0.2, 0.25) is 5.91 Å². The van der Waals surface area contributed by atoms with Crippen molar-refractivity contribution < 1.29 is 14.3 Å². The number of carbonyl (C=O) groups is 1. The third-order valence-corrected chi connectivity index (χ3v) is 4.99. The Balaban J connectivity index is 2.11. The van der Waals surface area contributed by atoms with Crippen LogP contribution in [-0.2, 0) is 11.3 Å². The van der Waals surface area contributed by atoms with Gasteiger partial charge in [-0.3, -0.25) is 4.79 Å². The molecule has 0 saturated carbocycles. The fourth-order valence-corrected chi connectivity index (χ4v) is 3.82. The molecule has 154 valence electrons. The molecule has 0 N–H and O–H groups in total. The Hall–Kier alpha value is -3.02. The molecule has 0 spiro atoms. The molecule has 3 aromatic rings. The number of amides is 1. The first kappa shape index (κ1) is 20.7. The molecule has 6 nitrogen and oxygen atoms in total. The quantitative estimate of drug-likeness (QED) is 0.596. The van der Waals surface area contributed by atoms with Gasteiger partial charge in [0.15, 0.2) is 11.5 Å². The van der Waals surface area contributed by atoms with Gasteiger partial charge in [-0.1, -0.05) is 12.1 Å². The van der Waals surface area contributed by atoms with Gasteiger partial charge in [-0.05, 0) is 58.0 Å². The molecule has 0 atom stereocenters. The molecule has 0 aliphatic heterocycles. The highest BCUT2D eigenvalue weighted by molar-refractivity contribution is 5.85. The third kappa shape index (κ3) is 4.06. The number of imidazole rings is 1. The second-order valence-corrected chi connectivity index (χ2v) is 7.57. The second-order valence-electron chi connectivity index (χ2n) is 7.57. The summed E-state index contributed by atoms with van der Waals surface area (Å²) in [6.45, 7) is 8.39. The maximum absolute atomic E-state index is 13.2. The topological polar surface area (TPSA) is 56.6 Å². The molecule has 1 heterocycles. The lowest BCUT2D eigenvalue weighted by molar-refractivity contribution is -0.135. The van der Waals surface area contributed by atoms with Crippen LogP contribution in [0, 0.1) is 0 Å². The first-order valence-corrected chi connectivity index (χ1v) is 9.86. The van der Waals surface area contributed by atoms with E-state index in [1.165, 1.54) is 0 Å². The smallest absolute Gasteiger partial charge is 0.243 e. The number of hydrogen-bond donors (Lipinski definition) is 0. The molecule has 1 aromatic heterocycles. The average Bonchev–Trinajstić information content (AvgIpc) is 3.05. The predicted octanol–water partition coefficient (Wildman–Crippen LogP) is 4.37. The highest BCUT2D eigenvalue weighted by Crippen LogP contribution is 2.33. The first-order valence-electron chi connectivity index (χ1n) is 9.86. The number of fused-ring (bicyclic) bond motifs is 1. The van der Waals surface area contributed by atoms with Gasteiger partial charge in [0.05, 0.1) is 25.3 Å². The normalized spacial score (nSPS) is 11.3. The standard InChI is InChI=1S/C23H29N3O3/c1-15(2)26(16(3)4)22(27)14-25-19-10-8-7-9-18(19)24-23(25)17-11-12-20(28-5)21(13-17)29-6/h7-13,15-16H,14H2,1-6H3. The van der Waals surface area contributed by atoms with Crippen molar-refractivity contribution in [3.63, 3.8) is 0 Å². The number of ether oxygens (including phenoxy) is 2. The van der Waals surface area contributed by atoms with E-state index in [9.17, 15) is 4.79 Å². The zero-order valence-corrected chi connectivity index (χ0v) is 18.0. The third-order valence-electron chi connectivity index (χ3n) is 4.99. The monoisotopic (exact) mass is 395 g/mol. The molecular weight excluding hydrogens is 366 g/mol. The van der Waals surface area contributed by atoms with Crippen molar-refractivity contribution >= 4 is 16.9 Å². The SMILES string of the molecule is COc1ccc(-c2nc3ccccc3n2CC(=O)N(C(C)C)C(C)C)cc1OC. The lowest BCUT2D eigenvalue weighted by Gasteiger charge is -2.31. The van der Waals surface area contributed by atoms with Crippen molar-refractivity contribution in [1.29, 1.82) is 0 Å². The van der Waals surface area contributed by atoms with Crippen LogP contribution in [0.25, 0.3) is 22.4 Å². The molecule has 29 heavy (non-hydrogen) atoms. The van der Waals surface area contributed by atoms with E-state index in [1.807, 2.05) is 79.6 Å². The average molecular weight is 396 g/mol. The minimum Gasteiger partial charge on any atom is -0.493 e. The van der Waals surface area contributed by atoms with Gasteiger partial charge in [0.25, 0.3) is 0 Å². The lowest BCUT2D eigenvalue weighted by atomic mass is 10.2. The Morgan fingerprint density at radius 1 is 1.00 bits per heavy atom. The van der Waals surface area contributed by atoms with Crippen molar-refractivity contribution in [3.05, 3.63) is 42.5 Å². The molecule has 1 amide bonds. The summed E-state index contributed by atoms with van der Waals surface area (Å²) in [5.74, 6) is 2.08. The molecule has 0 unspecified atom stereocenters. The van der Waals surface area contributed by atoms with Crippen LogP contribution >= 0.6 is 0 Å². The lowest BCUT2D eigenvalue weighted by Crippen LogP contribution is -2.43. The van der Waals surface area contributed by atoms with Crippen LogP contribution in [-0.4, -0.2) is 46.7 Å². The summed E-state index contributed by atoms with van der Waals surface area (Å²) in [5.41, 5.74) is 2.65. The highest BCUT2D eigenvalue weighted by atomic mass is 16.5. The number of hydrogen-bond acceptors (Lipinski definition) is 4.